The van der Waals surface area contributed by atoms with Crippen molar-refractivity contribution in [2.24, 2.45) is 0 Å². The van der Waals surface area contributed by atoms with Crippen molar-refractivity contribution < 1.29 is 9.18 Å². The lowest BCUT2D eigenvalue weighted by atomic mass is 10.3. The molecule has 0 saturated heterocycles. The molecule has 0 fully saturated rings. The molecule has 0 atom stereocenters. The van der Waals surface area contributed by atoms with Crippen molar-refractivity contribution in [3.63, 3.8) is 0 Å². The van der Waals surface area contributed by atoms with Crippen LogP contribution in [0.25, 0.3) is 0 Å². The highest BCUT2D eigenvalue weighted by molar-refractivity contribution is 8.01. The molecular weight excluding hydrogens is 359 g/mol. The monoisotopic (exact) mass is 374 g/mol. The molecular formula is C17H15FN4OS2. The smallest absolute Gasteiger partial charge is 0.237 e. The number of aromatic nitrogens is 2. The number of hydrogen-bond acceptors (Lipinski definition) is 6. The summed E-state index contributed by atoms with van der Waals surface area (Å²) in [5.41, 5.74) is 1.45. The van der Waals surface area contributed by atoms with Gasteiger partial charge in [-0.3, -0.25) is 4.79 Å². The maximum Gasteiger partial charge on any atom is 0.237 e. The minimum atomic E-state index is -0.321. The van der Waals surface area contributed by atoms with Gasteiger partial charge in [-0.05, 0) is 30.3 Å². The Morgan fingerprint density at radius 2 is 2.00 bits per heavy atom. The van der Waals surface area contributed by atoms with Gasteiger partial charge in [0.2, 0.25) is 11.0 Å². The molecule has 1 heterocycles. The van der Waals surface area contributed by atoms with Crippen LogP contribution in [0, 0.1) is 5.82 Å². The summed E-state index contributed by atoms with van der Waals surface area (Å²) < 4.78 is 13.9. The van der Waals surface area contributed by atoms with Crippen LogP contribution in [0.5, 0.6) is 0 Å². The molecule has 128 valence electrons. The number of hydrogen-bond donors (Lipinski definition) is 1. The van der Waals surface area contributed by atoms with Crippen molar-refractivity contribution in [3.05, 3.63) is 60.4 Å². The van der Waals surface area contributed by atoms with Crippen molar-refractivity contribution in [2.75, 3.05) is 23.0 Å². The summed E-state index contributed by atoms with van der Waals surface area (Å²) in [5, 5.41) is 11.6. The van der Waals surface area contributed by atoms with Gasteiger partial charge >= 0.3 is 0 Å². The molecule has 0 aliphatic rings. The first-order valence-electron chi connectivity index (χ1n) is 7.42. The number of nitrogens with one attached hydrogen (secondary N) is 1. The van der Waals surface area contributed by atoms with Gasteiger partial charge in [0.25, 0.3) is 0 Å². The number of carbonyl (C=O) groups is 1. The Balaban J connectivity index is 1.55. The molecule has 3 aromatic rings. The lowest BCUT2D eigenvalue weighted by Gasteiger charge is -2.16. The van der Waals surface area contributed by atoms with Crippen molar-refractivity contribution in [2.45, 2.75) is 4.34 Å². The van der Waals surface area contributed by atoms with Crippen molar-refractivity contribution in [1.29, 1.82) is 0 Å². The van der Waals surface area contributed by atoms with E-state index in [4.69, 9.17) is 0 Å². The first-order chi connectivity index (χ1) is 12.1. The van der Waals surface area contributed by atoms with E-state index in [1.807, 2.05) is 30.3 Å². The van der Waals surface area contributed by atoms with Crippen LogP contribution in [0.15, 0.2) is 58.9 Å². The highest BCUT2D eigenvalue weighted by Crippen LogP contribution is 2.28. The lowest BCUT2D eigenvalue weighted by Crippen LogP contribution is -2.27. The SMILES string of the molecule is CN(C(=O)CSc1nnc(Nc2cccc(F)c2)s1)c1ccccc1. The molecule has 0 unspecified atom stereocenters. The Bertz CT molecular complexity index is 857. The molecule has 25 heavy (non-hydrogen) atoms. The zero-order chi connectivity index (χ0) is 17.6. The van der Waals surface area contributed by atoms with E-state index in [1.54, 1.807) is 24.1 Å². The average Bonchev–Trinajstić information content (AvgIpc) is 3.07. The summed E-state index contributed by atoms with van der Waals surface area (Å²) >= 11 is 2.65. The standard InChI is InChI=1S/C17H15FN4OS2/c1-22(14-8-3-2-4-9-14)15(23)11-24-17-21-20-16(25-17)19-13-7-5-6-12(18)10-13/h2-10H,11H2,1H3,(H,19,20). The maximum atomic E-state index is 13.2. The van der Waals surface area contributed by atoms with Gasteiger partial charge in [-0.15, -0.1) is 10.2 Å². The number of amides is 1. The van der Waals surface area contributed by atoms with Gasteiger partial charge in [0.15, 0.2) is 4.34 Å². The normalized spacial score (nSPS) is 10.5. The zero-order valence-corrected chi connectivity index (χ0v) is 15.0. The third-order valence-corrected chi connectivity index (χ3v) is 5.28. The van der Waals surface area contributed by atoms with Crippen LogP contribution in [0.3, 0.4) is 0 Å². The summed E-state index contributed by atoms with van der Waals surface area (Å²) in [6.45, 7) is 0. The molecule has 0 aliphatic heterocycles. The lowest BCUT2D eigenvalue weighted by molar-refractivity contribution is -0.115. The van der Waals surface area contributed by atoms with Crippen molar-refractivity contribution in [1.82, 2.24) is 10.2 Å². The molecule has 0 saturated carbocycles. The van der Waals surface area contributed by atoms with Crippen LogP contribution in [-0.4, -0.2) is 28.9 Å². The molecule has 0 bridgehead atoms. The summed E-state index contributed by atoms with van der Waals surface area (Å²) in [4.78, 5) is 13.9. The minimum Gasteiger partial charge on any atom is -0.330 e. The molecule has 0 spiro atoms. The van der Waals surface area contributed by atoms with E-state index < -0.39 is 0 Å². The summed E-state index contributed by atoms with van der Waals surface area (Å²) in [5.74, 6) is -0.0790. The average molecular weight is 374 g/mol. The fourth-order valence-electron chi connectivity index (χ4n) is 2.02. The number of rotatable bonds is 6. The van der Waals surface area contributed by atoms with E-state index in [0.717, 1.165) is 5.69 Å². The fourth-order valence-corrected chi connectivity index (χ4v) is 3.71. The van der Waals surface area contributed by atoms with E-state index >= 15 is 0 Å². The summed E-state index contributed by atoms with van der Waals surface area (Å²) in [7, 11) is 1.75. The van der Waals surface area contributed by atoms with Crippen molar-refractivity contribution >= 4 is 45.5 Å². The van der Waals surface area contributed by atoms with Crippen molar-refractivity contribution in [3.8, 4) is 0 Å². The Morgan fingerprint density at radius 3 is 2.76 bits per heavy atom. The van der Waals surface area contributed by atoms with Gasteiger partial charge < -0.3 is 10.2 Å². The molecule has 8 heteroatoms. The molecule has 2 aromatic carbocycles. The molecule has 1 amide bonds. The molecule has 1 aromatic heterocycles. The van der Waals surface area contributed by atoms with Gasteiger partial charge in [-0.2, -0.15) is 0 Å². The van der Waals surface area contributed by atoms with Crippen LogP contribution >= 0.6 is 23.1 Å². The van der Waals surface area contributed by atoms with Gasteiger partial charge in [-0.1, -0.05) is 47.4 Å². The molecule has 1 N–H and O–H groups in total. The predicted octanol–water partition coefficient (Wildman–Crippen LogP) is 4.18. The second-order valence-corrected chi connectivity index (χ2v) is 7.29. The van der Waals surface area contributed by atoms with Crippen LogP contribution in [0.4, 0.5) is 20.9 Å². The van der Waals surface area contributed by atoms with Crippen LogP contribution in [0.2, 0.25) is 0 Å². The van der Waals surface area contributed by atoms with E-state index in [1.165, 1.54) is 35.2 Å². The zero-order valence-electron chi connectivity index (χ0n) is 13.3. The van der Waals surface area contributed by atoms with Crippen LogP contribution in [0.1, 0.15) is 0 Å². The second kappa shape index (κ2) is 8.09. The minimum absolute atomic E-state index is 0.0222. The second-order valence-electron chi connectivity index (χ2n) is 5.09. The number of nitrogens with zero attached hydrogens (tertiary/aromatic N) is 3. The first-order valence-corrected chi connectivity index (χ1v) is 9.22. The van der Waals surface area contributed by atoms with E-state index in [2.05, 4.69) is 15.5 Å². The first kappa shape index (κ1) is 17.4. The quantitative estimate of drug-likeness (QED) is 0.656. The van der Waals surface area contributed by atoms with Gasteiger partial charge in [-0.25, -0.2) is 4.39 Å². The number of thioether (sulfide) groups is 1. The highest BCUT2D eigenvalue weighted by Gasteiger charge is 2.13. The third-order valence-electron chi connectivity index (χ3n) is 3.32. The topological polar surface area (TPSA) is 58.1 Å². The van der Waals surface area contributed by atoms with E-state index in [0.29, 0.717) is 15.2 Å². The fraction of sp³-hybridized carbons (Fsp3) is 0.118. The number of carbonyl (C=O) groups excluding carboxylic acids is 1. The Hall–Kier alpha value is -2.45. The molecule has 3 rings (SSSR count). The molecule has 5 nitrogen and oxygen atoms in total. The highest BCUT2D eigenvalue weighted by atomic mass is 32.2. The van der Waals surface area contributed by atoms with Crippen LogP contribution < -0.4 is 10.2 Å². The number of halogens is 1. The largest absolute Gasteiger partial charge is 0.330 e. The number of anilines is 3. The Labute approximate surface area is 152 Å². The Kier molecular flexibility index (Phi) is 5.62. The van der Waals surface area contributed by atoms with Gasteiger partial charge in [0.05, 0.1) is 5.75 Å². The molecule has 0 aliphatic carbocycles. The van der Waals surface area contributed by atoms with Gasteiger partial charge in [0, 0.05) is 18.4 Å². The number of para-hydroxylation sites is 1. The number of benzene rings is 2. The van der Waals surface area contributed by atoms with E-state index in [-0.39, 0.29) is 17.5 Å². The van der Waals surface area contributed by atoms with Crippen LogP contribution in [-0.2, 0) is 4.79 Å². The van der Waals surface area contributed by atoms with Gasteiger partial charge in [0.1, 0.15) is 5.82 Å². The Morgan fingerprint density at radius 1 is 1.20 bits per heavy atom. The summed E-state index contributed by atoms with van der Waals surface area (Å²) in [6, 6.07) is 15.6. The predicted molar refractivity (Wildman–Crippen MR) is 100 cm³/mol. The summed E-state index contributed by atoms with van der Waals surface area (Å²) in [6.07, 6.45) is 0. The third kappa shape index (κ3) is 4.77. The maximum absolute atomic E-state index is 13.2. The van der Waals surface area contributed by atoms with E-state index in [9.17, 15) is 9.18 Å². The molecule has 0 radical (unpaired) electrons.